The lowest BCUT2D eigenvalue weighted by Crippen LogP contribution is -2.39. The Morgan fingerprint density at radius 3 is 2.54 bits per heavy atom. The second-order valence-electron chi connectivity index (χ2n) is 5.76. The van der Waals surface area contributed by atoms with Crippen LogP contribution in [0.2, 0.25) is 0 Å². The molecule has 1 aliphatic heterocycles. The average molecular weight is 333 g/mol. The summed E-state index contributed by atoms with van der Waals surface area (Å²) in [6, 6.07) is 15.0. The van der Waals surface area contributed by atoms with Gasteiger partial charge in [0.2, 0.25) is 5.60 Å². The molecule has 0 aliphatic carbocycles. The molecule has 0 bridgehead atoms. The Labute approximate surface area is 135 Å². The van der Waals surface area contributed by atoms with Gasteiger partial charge in [-0.25, -0.2) is 4.68 Å². The predicted molar refractivity (Wildman–Crippen MR) is 84.3 cm³/mol. The number of aromatic nitrogens is 2. The predicted octanol–water partition coefficient (Wildman–Crippen LogP) is 3.77. The van der Waals surface area contributed by atoms with Gasteiger partial charge in [0.1, 0.15) is 0 Å². The molecule has 1 aliphatic rings. The average Bonchev–Trinajstić information content (AvgIpc) is 3.26. The highest BCUT2D eigenvalue weighted by molar-refractivity contribution is 5.92. The lowest BCUT2D eigenvalue weighted by Gasteiger charge is -2.17. The lowest BCUT2D eigenvalue weighted by atomic mass is 10.1. The van der Waals surface area contributed by atoms with Gasteiger partial charge in [0, 0.05) is 11.1 Å². The SMILES string of the molecule is FC(F)(F)C1(CNc2cccc3c2cnn3-c2ccccc2)CO1. The molecule has 4 rings (SSSR count). The van der Waals surface area contributed by atoms with Crippen molar-refractivity contribution in [2.45, 2.75) is 11.8 Å². The Hall–Kier alpha value is -2.54. The van der Waals surface area contributed by atoms with Gasteiger partial charge in [0.25, 0.3) is 0 Å². The molecule has 7 heteroatoms. The number of nitrogens with one attached hydrogen (secondary N) is 1. The Kier molecular flexibility index (Phi) is 3.28. The van der Waals surface area contributed by atoms with Gasteiger partial charge in [-0.3, -0.25) is 0 Å². The van der Waals surface area contributed by atoms with E-state index in [2.05, 4.69) is 15.2 Å². The van der Waals surface area contributed by atoms with Crippen molar-refractivity contribution in [2.24, 2.45) is 0 Å². The summed E-state index contributed by atoms with van der Waals surface area (Å²) in [6.45, 7) is -0.616. The van der Waals surface area contributed by atoms with E-state index in [9.17, 15) is 13.2 Å². The van der Waals surface area contributed by atoms with Crippen LogP contribution < -0.4 is 5.32 Å². The standard InChI is InChI=1S/C17H14F3N3O/c18-17(19,20)16(11-24-16)10-21-14-7-4-8-15-13(14)9-22-23(15)12-5-2-1-3-6-12/h1-9,21H,10-11H2. The van der Waals surface area contributed by atoms with Crippen molar-refractivity contribution in [3.8, 4) is 5.69 Å². The first-order valence-corrected chi connectivity index (χ1v) is 7.47. The largest absolute Gasteiger partial charge is 0.421 e. The Morgan fingerprint density at radius 1 is 1.12 bits per heavy atom. The summed E-state index contributed by atoms with van der Waals surface area (Å²) in [4.78, 5) is 0. The maximum absolute atomic E-state index is 13.0. The molecule has 0 amide bonds. The van der Waals surface area contributed by atoms with Crippen molar-refractivity contribution in [3.05, 3.63) is 54.7 Å². The van der Waals surface area contributed by atoms with Crippen molar-refractivity contribution in [2.75, 3.05) is 18.5 Å². The van der Waals surface area contributed by atoms with Crippen LogP contribution >= 0.6 is 0 Å². The fourth-order valence-electron chi connectivity index (χ4n) is 2.67. The summed E-state index contributed by atoms with van der Waals surface area (Å²) in [7, 11) is 0. The fraction of sp³-hybridized carbons (Fsp3) is 0.235. The van der Waals surface area contributed by atoms with E-state index in [1.54, 1.807) is 23.0 Å². The molecule has 24 heavy (non-hydrogen) atoms. The third-order valence-corrected chi connectivity index (χ3v) is 4.19. The van der Waals surface area contributed by atoms with E-state index >= 15 is 0 Å². The van der Waals surface area contributed by atoms with Crippen LogP contribution in [0.25, 0.3) is 16.6 Å². The summed E-state index contributed by atoms with van der Waals surface area (Å²) in [5.74, 6) is 0. The summed E-state index contributed by atoms with van der Waals surface area (Å²) < 4.78 is 45.3. The third-order valence-electron chi connectivity index (χ3n) is 4.19. The topological polar surface area (TPSA) is 42.4 Å². The van der Waals surface area contributed by atoms with Crippen LogP contribution in [0, 0.1) is 0 Å². The second kappa shape index (κ2) is 5.24. The molecular weight excluding hydrogens is 319 g/mol. The molecule has 0 saturated carbocycles. The number of anilines is 1. The number of ether oxygens (including phenoxy) is 1. The zero-order valence-electron chi connectivity index (χ0n) is 12.5. The molecule has 3 aromatic rings. The number of halogens is 3. The number of hydrogen-bond donors (Lipinski definition) is 1. The van der Waals surface area contributed by atoms with E-state index in [1.807, 2.05) is 36.4 Å². The molecule has 1 fully saturated rings. The third kappa shape index (κ3) is 2.41. The molecule has 2 aromatic carbocycles. The molecule has 2 heterocycles. The minimum atomic E-state index is -4.37. The van der Waals surface area contributed by atoms with Crippen LogP contribution in [0.3, 0.4) is 0 Å². The Morgan fingerprint density at radius 2 is 1.88 bits per heavy atom. The highest BCUT2D eigenvalue weighted by atomic mass is 19.4. The normalized spacial score (nSPS) is 20.3. The molecule has 0 spiro atoms. The second-order valence-corrected chi connectivity index (χ2v) is 5.76. The van der Waals surface area contributed by atoms with Gasteiger partial charge in [-0.05, 0) is 24.3 Å². The first-order valence-electron chi connectivity index (χ1n) is 7.47. The van der Waals surface area contributed by atoms with Gasteiger partial charge in [-0.1, -0.05) is 24.3 Å². The van der Waals surface area contributed by atoms with Crippen LogP contribution in [-0.4, -0.2) is 34.7 Å². The minimum absolute atomic E-state index is 0.303. The van der Waals surface area contributed by atoms with E-state index in [4.69, 9.17) is 0 Å². The number of alkyl halides is 3. The molecule has 4 nitrogen and oxygen atoms in total. The number of epoxide rings is 1. The summed E-state index contributed by atoms with van der Waals surface area (Å²) in [5.41, 5.74) is 0.254. The van der Waals surface area contributed by atoms with E-state index < -0.39 is 11.8 Å². The number of benzene rings is 2. The molecule has 1 aromatic heterocycles. The number of fused-ring (bicyclic) bond motifs is 1. The Balaban J connectivity index is 1.65. The molecule has 1 saturated heterocycles. The van der Waals surface area contributed by atoms with E-state index in [0.29, 0.717) is 5.69 Å². The number of rotatable bonds is 4. The molecular formula is C17H14F3N3O. The maximum Gasteiger partial charge on any atom is 0.421 e. The fourth-order valence-corrected chi connectivity index (χ4v) is 2.67. The number of nitrogens with zero attached hydrogens (tertiary/aromatic N) is 2. The zero-order valence-corrected chi connectivity index (χ0v) is 12.5. The van der Waals surface area contributed by atoms with Crippen LogP contribution in [0.4, 0.5) is 18.9 Å². The van der Waals surface area contributed by atoms with Crippen LogP contribution in [0.15, 0.2) is 54.7 Å². The highest BCUT2D eigenvalue weighted by Crippen LogP contribution is 2.43. The quantitative estimate of drug-likeness (QED) is 0.739. The smallest absolute Gasteiger partial charge is 0.381 e. The Bertz CT molecular complexity index is 870. The molecule has 1 atom stereocenters. The first kappa shape index (κ1) is 15.0. The summed E-state index contributed by atoms with van der Waals surface area (Å²) >= 11 is 0. The molecule has 124 valence electrons. The van der Waals surface area contributed by atoms with Crippen molar-refractivity contribution in [3.63, 3.8) is 0 Å². The van der Waals surface area contributed by atoms with E-state index in [1.165, 1.54) is 0 Å². The lowest BCUT2D eigenvalue weighted by molar-refractivity contribution is -0.179. The van der Waals surface area contributed by atoms with Gasteiger partial charge >= 0.3 is 6.18 Å². The van der Waals surface area contributed by atoms with Crippen LogP contribution in [-0.2, 0) is 4.74 Å². The van der Waals surface area contributed by atoms with Crippen molar-refractivity contribution in [1.82, 2.24) is 9.78 Å². The van der Waals surface area contributed by atoms with E-state index in [0.717, 1.165) is 16.6 Å². The summed E-state index contributed by atoms with van der Waals surface area (Å²) in [5, 5.41) is 7.98. The molecule has 0 radical (unpaired) electrons. The number of hydrogen-bond acceptors (Lipinski definition) is 3. The zero-order chi connectivity index (χ0) is 16.8. The summed E-state index contributed by atoms with van der Waals surface area (Å²) in [6.07, 6.45) is -2.72. The van der Waals surface area contributed by atoms with Crippen molar-refractivity contribution >= 4 is 16.6 Å². The van der Waals surface area contributed by atoms with Crippen molar-refractivity contribution in [1.29, 1.82) is 0 Å². The van der Waals surface area contributed by atoms with Gasteiger partial charge < -0.3 is 10.1 Å². The highest BCUT2D eigenvalue weighted by Gasteiger charge is 2.65. The number of para-hydroxylation sites is 1. The monoisotopic (exact) mass is 333 g/mol. The van der Waals surface area contributed by atoms with Gasteiger partial charge in [-0.15, -0.1) is 0 Å². The van der Waals surface area contributed by atoms with E-state index in [-0.39, 0.29) is 13.2 Å². The van der Waals surface area contributed by atoms with Crippen LogP contribution in [0.5, 0.6) is 0 Å². The maximum atomic E-state index is 13.0. The van der Waals surface area contributed by atoms with Gasteiger partial charge in [0.15, 0.2) is 0 Å². The van der Waals surface area contributed by atoms with Gasteiger partial charge in [-0.2, -0.15) is 18.3 Å². The first-order chi connectivity index (χ1) is 11.5. The molecule has 1 N–H and O–H groups in total. The molecule has 1 unspecified atom stereocenters. The van der Waals surface area contributed by atoms with Crippen molar-refractivity contribution < 1.29 is 17.9 Å². The minimum Gasteiger partial charge on any atom is -0.381 e. The van der Waals surface area contributed by atoms with Gasteiger partial charge in [0.05, 0.1) is 30.6 Å². The van der Waals surface area contributed by atoms with Crippen LogP contribution in [0.1, 0.15) is 0 Å².